The van der Waals surface area contributed by atoms with Gasteiger partial charge in [-0.25, -0.2) is 8.78 Å². The standard InChI is InChI=1S/C21H16ClF2N3O2S/c1-27-19-18(15(9-17(28)25-19)14-8-13(23)6-7-16(14)24)20(29)26-21(27)30-10-11-2-4-12(22)5-3-11/h2-8,15H,9-10H2,1H3,(H,25,28)/t15-/m1/s1. The van der Waals surface area contributed by atoms with Crippen LogP contribution in [0.2, 0.25) is 5.02 Å². The molecule has 30 heavy (non-hydrogen) atoms. The molecule has 0 radical (unpaired) electrons. The quantitative estimate of drug-likeness (QED) is 0.473. The Morgan fingerprint density at radius 3 is 2.67 bits per heavy atom. The number of carbonyl (C=O) groups excluding carboxylic acids is 1. The van der Waals surface area contributed by atoms with E-state index in [-0.39, 0.29) is 29.3 Å². The smallest absolute Gasteiger partial charge is 0.279 e. The van der Waals surface area contributed by atoms with Gasteiger partial charge in [0.2, 0.25) is 5.91 Å². The predicted molar refractivity (Wildman–Crippen MR) is 112 cm³/mol. The zero-order valence-electron chi connectivity index (χ0n) is 15.8. The van der Waals surface area contributed by atoms with Gasteiger partial charge in [-0.2, -0.15) is 4.98 Å². The number of fused-ring (bicyclic) bond motifs is 1. The summed E-state index contributed by atoms with van der Waals surface area (Å²) < 4.78 is 29.7. The minimum absolute atomic E-state index is 0.0356. The van der Waals surface area contributed by atoms with Gasteiger partial charge in [-0.05, 0) is 41.5 Å². The van der Waals surface area contributed by atoms with Gasteiger partial charge in [0.05, 0.1) is 5.56 Å². The second-order valence-corrected chi connectivity index (χ2v) is 8.29. The van der Waals surface area contributed by atoms with Gasteiger partial charge in [0, 0.05) is 30.2 Å². The van der Waals surface area contributed by atoms with Gasteiger partial charge in [0.15, 0.2) is 5.16 Å². The number of hydrogen-bond acceptors (Lipinski definition) is 4. The first-order valence-corrected chi connectivity index (χ1v) is 10.4. The zero-order valence-corrected chi connectivity index (χ0v) is 17.4. The number of nitrogens with zero attached hydrogens (tertiary/aromatic N) is 2. The lowest BCUT2D eigenvalue weighted by molar-refractivity contribution is -0.116. The fourth-order valence-corrected chi connectivity index (χ4v) is 4.49. The van der Waals surface area contributed by atoms with E-state index in [1.165, 1.54) is 11.8 Å². The van der Waals surface area contributed by atoms with E-state index < -0.39 is 23.1 Å². The average Bonchev–Trinajstić information content (AvgIpc) is 2.72. The number of hydrogen-bond donors (Lipinski definition) is 1. The van der Waals surface area contributed by atoms with Crippen molar-refractivity contribution in [3.8, 4) is 0 Å². The molecular formula is C21H16ClF2N3O2S. The Morgan fingerprint density at radius 2 is 1.93 bits per heavy atom. The zero-order chi connectivity index (χ0) is 21.4. The van der Waals surface area contributed by atoms with Gasteiger partial charge in [0.1, 0.15) is 17.5 Å². The van der Waals surface area contributed by atoms with E-state index in [9.17, 15) is 18.4 Å². The van der Waals surface area contributed by atoms with E-state index in [2.05, 4.69) is 10.3 Å². The lowest BCUT2D eigenvalue weighted by atomic mass is 9.86. The molecule has 0 bridgehead atoms. The highest BCUT2D eigenvalue weighted by Gasteiger charge is 2.33. The molecule has 9 heteroatoms. The summed E-state index contributed by atoms with van der Waals surface area (Å²) in [6, 6.07) is 10.3. The molecule has 0 fully saturated rings. The summed E-state index contributed by atoms with van der Waals surface area (Å²) >= 11 is 7.22. The molecule has 1 aliphatic heterocycles. The van der Waals surface area contributed by atoms with E-state index in [1.807, 2.05) is 12.1 Å². The fourth-order valence-electron chi connectivity index (χ4n) is 3.44. The minimum atomic E-state index is -0.911. The molecule has 1 amide bonds. The Bertz CT molecular complexity index is 1200. The van der Waals surface area contributed by atoms with Crippen LogP contribution < -0.4 is 10.9 Å². The molecular weight excluding hydrogens is 432 g/mol. The molecule has 1 N–H and O–H groups in total. The van der Waals surface area contributed by atoms with Crippen LogP contribution in [0.15, 0.2) is 52.4 Å². The van der Waals surface area contributed by atoms with E-state index >= 15 is 0 Å². The highest BCUT2D eigenvalue weighted by Crippen LogP contribution is 2.37. The van der Waals surface area contributed by atoms with Crippen LogP contribution in [0, 0.1) is 11.6 Å². The van der Waals surface area contributed by atoms with E-state index in [0.717, 1.165) is 23.8 Å². The number of carbonyl (C=O) groups is 1. The van der Waals surface area contributed by atoms with E-state index in [0.29, 0.717) is 15.9 Å². The van der Waals surface area contributed by atoms with Crippen LogP contribution in [0.4, 0.5) is 14.6 Å². The summed E-state index contributed by atoms with van der Waals surface area (Å²) in [7, 11) is 1.67. The average molecular weight is 448 g/mol. The number of aromatic nitrogens is 2. The number of thioether (sulfide) groups is 1. The summed E-state index contributed by atoms with van der Waals surface area (Å²) in [5.41, 5.74) is 0.527. The molecule has 5 nitrogen and oxygen atoms in total. The Hall–Kier alpha value is -2.71. The second-order valence-electron chi connectivity index (χ2n) is 6.91. The van der Waals surface area contributed by atoms with E-state index in [1.54, 1.807) is 23.7 Å². The SMILES string of the molecule is Cn1c(SCc2ccc(Cl)cc2)nc(=O)c2c1NC(=O)C[C@@H]2c1cc(F)ccc1F. The topological polar surface area (TPSA) is 64.0 Å². The van der Waals surface area contributed by atoms with Crippen LogP contribution >= 0.6 is 23.4 Å². The molecule has 1 aromatic heterocycles. The van der Waals surface area contributed by atoms with Gasteiger partial charge in [-0.3, -0.25) is 9.59 Å². The molecule has 1 aliphatic rings. The van der Waals surface area contributed by atoms with Crippen LogP contribution in [0.1, 0.15) is 29.0 Å². The van der Waals surface area contributed by atoms with Crippen molar-refractivity contribution in [1.29, 1.82) is 0 Å². The molecule has 3 aromatic rings. The second kappa shape index (κ2) is 8.20. The minimum Gasteiger partial charge on any atom is -0.312 e. The molecule has 0 saturated heterocycles. The number of benzene rings is 2. The van der Waals surface area contributed by atoms with Crippen molar-refractivity contribution in [2.75, 3.05) is 5.32 Å². The molecule has 0 saturated carbocycles. The largest absolute Gasteiger partial charge is 0.312 e. The van der Waals surface area contributed by atoms with Gasteiger partial charge in [0.25, 0.3) is 5.56 Å². The lowest BCUT2D eigenvalue weighted by Crippen LogP contribution is -2.33. The maximum Gasteiger partial charge on any atom is 0.279 e. The number of halogens is 3. The van der Waals surface area contributed by atoms with Gasteiger partial charge < -0.3 is 9.88 Å². The maximum atomic E-state index is 14.4. The summed E-state index contributed by atoms with van der Waals surface area (Å²) in [6.45, 7) is 0. The van der Waals surface area contributed by atoms with Crippen molar-refractivity contribution in [3.63, 3.8) is 0 Å². The van der Waals surface area contributed by atoms with Crippen molar-refractivity contribution >= 4 is 35.1 Å². The number of amides is 1. The molecule has 1 atom stereocenters. The van der Waals surface area contributed by atoms with Crippen LogP contribution in [-0.2, 0) is 17.6 Å². The molecule has 2 heterocycles. The van der Waals surface area contributed by atoms with Crippen LogP contribution in [0.3, 0.4) is 0 Å². The van der Waals surface area contributed by atoms with Crippen LogP contribution in [0.25, 0.3) is 0 Å². The van der Waals surface area contributed by atoms with Crippen molar-refractivity contribution < 1.29 is 13.6 Å². The number of anilines is 1. The molecule has 2 aromatic carbocycles. The lowest BCUT2D eigenvalue weighted by Gasteiger charge is -2.27. The summed E-state index contributed by atoms with van der Waals surface area (Å²) in [4.78, 5) is 29.3. The van der Waals surface area contributed by atoms with Crippen LogP contribution in [-0.4, -0.2) is 15.5 Å². The number of nitrogens with one attached hydrogen (secondary N) is 1. The third-order valence-electron chi connectivity index (χ3n) is 4.92. The highest BCUT2D eigenvalue weighted by atomic mass is 35.5. The molecule has 0 unspecified atom stereocenters. The van der Waals surface area contributed by atoms with Crippen molar-refractivity contribution in [3.05, 3.63) is 86.2 Å². The third-order valence-corrected chi connectivity index (χ3v) is 6.27. The maximum absolute atomic E-state index is 14.4. The van der Waals surface area contributed by atoms with Gasteiger partial charge in [-0.15, -0.1) is 0 Å². The first kappa shape index (κ1) is 20.6. The van der Waals surface area contributed by atoms with E-state index in [4.69, 9.17) is 11.6 Å². The Labute approximate surface area is 180 Å². The van der Waals surface area contributed by atoms with Gasteiger partial charge >= 0.3 is 0 Å². The molecule has 154 valence electrons. The van der Waals surface area contributed by atoms with Crippen molar-refractivity contribution in [2.24, 2.45) is 7.05 Å². The first-order valence-electron chi connectivity index (χ1n) is 9.06. The van der Waals surface area contributed by atoms with Crippen molar-refractivity contribution in [2.45, 2.75) is 23.2 Å². The molecule has 0 aliphatic carbocycles. The summed E-state index contributed by atoms with van der Waals surface area (Å²) in [6.07, 6.45) is -0.165. The summed E-state index contributed by atoms with van der Waals surface area (Å²) in [5, 5.41) is 3.71. The Balaban J connectivity index is 1.74. The fraction of sp³-hybridized carbons (Fsp3) is 0.190. The van der Waals surface area contributed by atoms with Gasteiger partial charge in [-0.1, -0.05) is 35.5 Å². The monoisotopic (exact) mass is 447 g/mol. The normalized spacial score (nSPS) is 15.6. The van der Waals surface area contributed by atoms with Crippen molar-refractivity contribution in [1.82, 2.24) is 9.55 Å². The molecule has 0 spiro atoms. The van der Waals surface area contributed by atoms with Crippen LogP contribution in [0.5, 0.6) is 0 Å². The third kappa shape index (κ3) is 3.97. The Morgan fingerprint density at radius 1 is 1.20 bits per heavy atom. The summed E-state index contributed by atoms with van der Waals surface area (Å²) in [5.74, 6) is -1.83. The first-order chi connectivity index (χ1) is 14.3. The number of rotatable bonds is 4. The highest BCUT2D eigenvalue weighted by molar-refractivity contribution is 7.98. The molecule has 4 rings (SSSR count). The Kier molecular flexibility index (Phi) is 5.62. The predicted octanol–water partition coefficient (Wildman–Crippen LogP) is 4.48.